The van der Waals surface area contributed by atoms with Crippen LogP contribution in [0.5, 0.6) is 0 Å². The third-order valence-corrected chi connectivity index (χ3v) is 4.05. The molecule has 1 aromatic rings. The van der Waals surface area contributed by atoms with Crippen LogP contribution in [0, 0.1) is 0 Å². The fourth-order valence-corrected chi connectivity index (χ4v) is 2.70. The van der Waals surface area contributed by atoms with E-state index in [2.05, 4.69) is 41.1 Å². The van der Waals surface area contributed by atoms with Crippen LogP contribution < -0.4 is 5.32 Å². The van der Waals surface area contributed by atoms with Gasteiger partial charge >= 0.3 is 0 Å². The van der Waals surface area contributed by atoms with Crippen LogP contribution in [-0.2, 0) is 13.1 Å². The van der Waals surface area contributed by atoms with E-state index in [1.165, 1.54) is 6.42 Å². The monoisotopic (exact) mass is 265 g/mol. The molecule has 108 valence electrons. The molecule has 2 rings (SSSR count). The van der Waals surface area contributed by atoms with Crippen molar-refractivity contribution in [1.82, 2.24) is 25.0 Å². The van der Waals surface area contributed by atoms with Crippen molar-refractivity contribution in [3.8, 4) is 0 Å². The molecule has 1 saturated heterocycles. The zero-order chi connectivity index (χ0) is 13.7. The van der Waals surface area contributed by atoms with Crippen LogP contribution in [-0.4, -0.2) is 44.8 Å². The SMILES string of the molecule is CCCn1ncnc1CN1CCCNC(C)(CC)C1. The van der Waals surface area contributed by atoms with E-state index in [9.17, 15) is 0 Å². The maximum Gasteiger partial charge on any atom is 0.141 e. The first-order chi connectivity index (χ1) is 9.17. The lowest BCUT2D eigenvalue weighted by Crippen LogP contribution is -2.48. The summed E-state index contributed by atoms with van der Waals surface area (Å²) < 4.78 is 2.04. The summed E-state index contributed by atoms with van der Waals surface area (Å²) in [5.74, 6) is 1.10. The Kier molecular flexibility index (Phi) is 4.93. The van der Waals surface area contributed by atoms with Gasteiger partial charge < -0.3 is 5.32 Å². The second-order valence-corrected chi connectivity index (χ2v) is 5.80. The second kappa shape index (κ2) is 6.48. The van der Waals surface area contributed by atoms with Gasteiger partial charge in [-0.25, -0.2) is 9.67 Å². The quantitative estimate of drug-likeness (QED) is 0.879. The minimum atomic E-state index is 0.228. The van der Waals surface area contributed by atoms with Crippen molar-refractivity contribution >= 4 is 0 Å². The summed E-state index contributed by atoms with van der Waals surface area (Å²) in [4.78, 5) is 6.94. The van der Waals surface area contributed by atoms with Crippen LogP contribution >= 0.6 is 0 Å². The van der Waals surface area contributed by atoms with Gasteiger partial charge in [0.2, 0.25) is 0 Å². The summed E-state index contributed by atoms with van der Waals surface area (Å²) in [6, 6.07) is 0. The van der Waals surface area contributed by atoms with Crippen molar-refractivity contribution in [2.45, 2.75) is 58.7 Å². The zero-order valence-corrected chi connectivity index (χ0v) is 12.5. The van der Waals surface area contributed by atoms with Crippen LogP contribution in [0.3, 0.4) is 0 Å². The molecule has 1 N–H and O–H groups in total. The summed E-state index contributed by atoms with van der Waals surface area (Å²) in [6.45, 7) is 12.0. The molecule has 2 heterocycles. The summed E-state index contributed by atoms with van der Waals surface area (Å²) in [6.07, 6.45) is 5.15. The molecular weight excluding hydrogens is 238 g/mol. The van der Waals surface area contributed by atoms with Gasteiger partial charge in [0.1, 0.15) is 12.2 Å². The lowest BCUT2D eigenvalue weighted by Gasteiger charge is -2.32. The number of nitrogens with one attached hydrogen (secondary N) is 1. The molecule has 1 aliphatic heterocycles. The predicted octanol–water partition coefficient (Wildman–Crippen LogP) is 1.65. The second-order valence-electron chi connectivity index (χ2n) is 5.80. The molecule has 0 radical (unpaired) electrons. The van der Waals surface area contributed by atoms with Crippen molar-refractivity contribution in [2.24, 2.45) is 0 Å². The molecule has 19 heavy (non-hydrogen) atoms. The predicted molar refractivity (Wildman–Crippen MR) is 76.9 cm³/mol. The van der Waals surface area contributed by atoms with Crippen molar-refractivity contribution in [3.63, 3.8) is 0 Å². The highest BCUT2D eigenvalue weighted by Gasteiger charge is 2.27. The zero-order valence-electron chi connectivity index (χ0n) is 12.5. The highest BCUT2D eigenvalue weighted by Crippen LogP contribution is 2.16. The Morgan fingerprint density at radius 1 is 1.42 bits per heavy atom. The molecule has 1 aromatic heterocycles. The molecule has 1 atom stereocenters. The molecule has 1 aliphatic rings. The number of hydrogen-bond acceptors (Lipinski definition) is 4. The highest BCUT2D eigenvalue weighted by atomic mass is 15.3. The molecular formula is C14H27N5. The number of aromatic nitrogens is 3. The van der Waals surface area contributed by atoms with Crippen LogP contribution in [0.1, 0.15) is 45.9 Å². The lowest BCUT2D eigenvalue weighted by molar-refractivity contribution is 0.201. The minimum Gasteiger partial charge on any atom is -0.310 e. The molecule has 1 unspecified atom stereocenters. The van der Waals surface area contributed by atoms with Crippen LogP contribution in [0.4, 0.5) is 0 Å². The van der Waals surface area contributed by atoms with E-state index in [1.807, 2.05) is 4.68 Å². The normalized spacial score (nSPS) is 25.4. The largest absolute Gasteiger partial charge is 0.310 e. The van der Waals surface area contributed by atoms with E-state index >= 15 is 0 Å². The Morgan fingerprint density at radius 3 is 3.00 bits per heavy atom. The number of rotatable bonds is 5. The average Bonchev–Trinajstić information content (AvgIpc) is 2.73. The maximum atomic E-state index is 4.42. The van der Waals surface area contributed by atoms with E-state index in [0.29, 0.717) is 0 Å². The Labute approximate surface area is 116 Å². The van der Waals surface area contributed by atoms with Gasteiger partial charge in [-0.1, -0.05) is 13.8 Å². The van der Waals surface area contributed by atoms with Gasteiger partial charge in [-0.05, 0) is 39.3 Å². The molecule has 5 nitrogen and oxygen atoms in total. The summed E-state index contributed by atoms with van der Waals surface area (Å²) in [5, 5.41) is 7.99. The third-order valence-electron chi connectivity index (χ3n) is 4.05. The van der Waals surface area contributed by atoms with Gasteiger partial charge in [0.25, 0.3) is 0 Å². The number of nitrogens with zero attached hydrogens (tertiary/aromatic N) is 4. The van der Waals surface area contributed by atoms with Crippen molar-refractivity contribution < 1.29 is 0 Å². The average molecular weight is 265 g/mol. The number of aryl methyl sites for hydroxylation is 1. The lowest BCUT2D eigenvalue weighted by atomic mass is 9.98. The van der Waals surface area contributed by atoms with Crippen LogP contribution in [0.25, 0.3) is 0 Å². The Hall–Kier alpha value is -0.940. The molecule has 5 heteroatoms. The highest BCUT2D eigenvalue weighted by molar-refractivity contribution is 4.91. The first-order valence-corrected chi connectivity index (χ1v) is 7.51. The van der Waals surface area contributed by atoms with Gasteiger partial charge in [-0.15, -0.1) is 0 Å². The Balaban J connectivity index is 2.02. The van der Waals surface area contributed by atoms with Gasteiger partial charge in [0, 0.05) is 18.6 Å². The molecule has 0 bridgehead atoms. The smallest absolute Gasteiger partial charge is 0.141 e. The number of hydrogen-bond donors (Lipinski definition) is 1. The molecule has 0 saturated carbocycles. The van der Waals surface area contributed by atoms with E-state index in [0.717, 1.165) is 51.4 Å². The van der Waals surface area contributed by atoms with Crippen molar-refractivity contribution in [2.75, 3.05) is 19.6 Å². The Bertz CT molecular complexity index is 389. The van der Waals surface area contributed by atoms with Crippen LogP contribution in [0.2, 0.25) is 0 Å². The topological polar surface area (TPSA) is 46.0 Å². The first kappa shape index (κ1) is 14.5. The molecule has 0 aliphatic carbocycles. The third kappa shape index (κ3) is 3.76. The summed E-state index contributed by atoms with van der Waals surface area (Å²) in [5.41, 5.74) is 0.228. The Morgan fingerprint density at radius 2 is 2.26 bits per heavy atom. The van der Waals surface area contributed by atoms with Gasteiger partial charge in [0.15, 0.2) is 0 Å². The van der Waals surface area contributed by atoms with E-state index in [1.54, 1.807) is 6.33 Å². The summed E-state index contributed by atoms with van der Waals surface area (Å²) >= 11 is 0. The maximum absolute atomic E-state index is 4.42. The van der Waals surface area contributed by atoms with Gasteiger partial charge in [0.05, 0.1) is 6.54 Å². The van der Waals surface area contributed by atoms with Crippen molar-refractivity contribution in [1.29, 1.82) is 0 Å². The molecule has 0 amide bonds. The first-order valence-electron chi connectivity index (χ1n) is 7.51. The van der Waals surface area contributed by atoms with E-state index in [4.69, 9.17) is 0 Å². The molecule has 0 aromatic carbocycles. The van der Waals surface area contributed by atoms with E-state index < -0.39 is 0 Å². The standard InChI is InChI=1S/C14H27N5/c1-4-8-19-13(15-12-17-19)10-18-9-6-7-16-14(3,5-2)11-18/h12,16H,4-11H2,1-3H3. The fourth-order valence-electron chi connectivity index (χ4n) is 2.70. The molecule has 0 spiro atoms. The summed E-state index contributed by atoms with van der Waals surface area (Å²) in [7, 11) is 0. The van der Waals surface area contributed by atoms with Crippen LogP contribution in [0.15, 0.2) is 6.33 Å². The van der Waals surface area contributed by atoms with Crippen molar-refractivity contribution in [3.05, 3.63) is 12.2 Å². The fraction of sp³-hybridized carbons (Fsp3) is 0.857. The van der Waals surface area contributed by atoms with E-state index in [-0.39, 0.29) is 5.54 Å². The minimum absolute atomic E-state index is 0.228. The van der Waals surface area contributed by atoms with Gasteiger partial charge in [-0.2, -0.15) is 5.10 Å². The van der Waals surface area contributed by atoms with Gasteiger partial charge in [-0.3, -0.25) is 4.90 Å². The molecule has 1 fully saturated rings.